The molecule has 1 aliphatic heterocycles. The summed E-state index contributed by atoms with van der Waals surface area (Å²) in [6.07, 6.45) is -4.51. The molecule has 1 atom stereocenters. The summed E-state index contributed by atoms with van der Waals surface area (Å²) >= 11 is 0. The van der Waals surface area contributed by atoms with E-state index in [1.807, 2.05) is 30.3 Å². The van der Waals surface area contributed by atoms with E-state index < -0.39 is 24.7 Å². The van der Waals surface area contributed by atoms with E-state index in [1.165, 1.54) is 0 Å². The van der Waals surface area contributed by atoms with Crippen molar-refractivity contribution >= 4 is 5.91 Å². The molecule has 1 aromatic rings. The van der Waals surface area contributed by atoms with Crippen molar-refractivity contribution in [3.05, 3.63) is 35.9 Å². The van der Waals surface area contributed by atoms with Crippen molar-refractivity contribution < 1.29 is 23.1 Å². The zero-order valence-electron chi connectivity index (χ0n) is 10.9. The van der Waals surface area contributed by atoms with Gasteiger partial charge in [0, 0.05) is 19.4 Å². The number of β-amino-alcohol motifs (C(OH)–C–C–N with tert-alkyl or cyclic N) is 1. The molecule has 6 heteroatoms. The number of carbonyl (C=O) groups is 1. The third kappa shape index (κ3) is 3.12. The number of likely N-dealkylation sites (tertiary alicyclic amines) is 1. The maximum atomic E-state index is 12.6. The summed E-state index contributed by atoms with van der Waals surface area (Å²) in [6, 6.07) is 9.28. The molecule has 0 aliphatic carbocycles. The SMILES string of the molecule is O=C(CCc1ccccc1)N1CC[C@](O)(C(F)(F)F)C1. The van der Waals surface area contributed by atoms with Crippen molar-refractivity contribution in [1.82, 2.24) is 4.90 Å². The Morgan fingerprint density at radius 3 is 2.50 bits per heavy atom. The van der Waals surface area contributed by atoms with Crippen LogP contribution in [0.2, 0.25) is 0 Å². The van der Waals surface area contributed by atoms with Crippen molar-refractivity contribution in [1.29, 1.82) is 0 Å². The van der Waals surface area contributed by atoms with Crippen molar-refractivity contribution in [2.75, 3.05) is 13.1 Å². The number of benzene rings is 1. The molecule has 2 rings (SSSR count). The summed E-state index contributed by atoms with van der Waals surface area (Å²) in [6.45, 7) is -0.715. The number of nitrogens with zero attached hydrogens (tertiary/aromatic N) is 1. The van der Waals surface area contributed by atoms with Crippen LogP contribution in [-0.2, 0) is 11.2 Å². The number of hydrogen-bond donors (Lipinski definition) is 1. The molecule has 3 nitrogen and oxygen atoms in total. The van der Waals surface area contributed by atoms with Gasteiger partial charge in [0.05, 0.1) is 6.54 Å². The molecule has 1 aromatic carbocycles. The Hall–Kier alpha value is -1.56. The molecule has 20 heavy (non-hydrogen) atoms. The largest absolute Gasteiger partial charge is 0.419 e. The van der Waals surface area contributed by atoms with Gasteiger partial charge in [-0.05, 0) is 12.0 Å². The Kier molecular flexibility index (Phi) is 4.04. The van der Waals surface area contributed by atoms with E-state index in [-0.39, 0.29) is 18.9 Å². The summed E-state index contributed by atoms with van der Waals surface area (Å²) in [5.74, 6) is -0.353. The van der Waals surface area contributed by atoms with Gasteiger partial charge in [-0.3, -0.25) is 4.79 Å². The minimum Gasteiger partial charge on any atom is -0.379 e. The van der Waals surface area contributed by atoms with Gasteiger partial charge in [0.25, 0.3) is 0 Å². The average Bonchev–Trinajstić information content (AvgIpc) is 2.81. The molecule has 1 aliphatic rings. The molecule has 1 saturated heterocycles. The van der Waals surface area contributed by atoms with Crippen molar-refractivity contribution in [3.8, 4) is 0 Å². The first-order valence-electron chi connectivity index (χ1n) is 6.43. The van der Waals surface area contributed by atoms with Gasteiger partial charge in [0.15, 0.2) is 5.60 Å². The minimum absolute atomic E-state index is 0.0520. The highest BCUT2D eigenvalue weighted by Crippen LogP contribution is 2.37. The topological polar surface area (TPSA) is 40.5 Å². The normalized spacial score (nSPS) is 23.1. The molecule has 1 heterocycles. The smallest absolute Gasteiger partial charge is 0.379 e. The van der Waals surface area contributed by atoms with Gasteiger partial charge in [0.1, 0.15) is 0 Å². The fourth-order valence-electron chi connectivity index (χ4n) is 2.29. The summed E-state index contributed by atoms with van der Waals surface area (Å²) in [4.78, 5) is 13.0. The third-order valence-corrected chi connectivity index (χ3v) is 3.60. The average molecular weight is 287 g/mol. The van der Waals surface area contributed by atoms with E-state index in [0.29, 0.717) is 6.42 Å². The van der Waals surface area contributed by atoms with Crippen LogP contribution in [0.25, 0.3) is 0 Å². The molecule has 0 spiro atoms. The molecule has 0 bridgehead atoms. The molecular weight excluding hydrogens is 271 g/mol. The van der Waals surface area contributed by atoms with Crippen molar-refractivity contribution in [2.45, 2.75) is 31.0 Å². The fraction of sp³-hybridized carbons (Fsp3) is 0.500. The van der Waals surface area contributed by atoms with Crippen LogP contribution in [0.4, 0.5) is 13.2 Å². The van der Waals surface area contributed by atoms with E-state index in [2.05, 4.69) is 0 Å². The van der Waals surface area contributed by atoms with Crippen LogP contribution < -0.4 is 0 Å². The molecular formula is C14H16F3NO2. The summed E-state index contributed by atoms with van der Waals surface area (Å²) in [7, 11) is 0. The monoisotopic (exact) mass is 287 g/mol. The second-order valence-corrected chi connectivity index (χ2v) is 5.08. The Bertz CT molecular complexity index is 475. The van der Waals surface area contributed by atoms with Gasteiger partial charge >= 0.3 is 6.18 Å². The Morgan fingerprint density at radius 1 is 1.30 bits per heavy atom. The second kappa shape index (κ2) is 5.44. The highest BCUT2D eigenvalue weighted by Gasteiger charge is 2.57. The number of aryl methyl sites for hydroxylation is 1. The number of halogens is 3. The number of aliphatic hydroxyl groups is 1. The van der Waals surface area contributed by atoms with Gasteiger partial charge in [-0.1, -0.05) is 30.3 Å². The molecule has 0 aromatic heterocycles. The third-order valence-electron chi connectivity index (χ3n) is 3.60. The Balaban J connectivity index is 1.89. The number of carbonyl (C=O) groups excluding carboxylic acids is 1. The molecule has 1 fully saturated rings. The van der Waals surface area contributed by atoms with Crippen LogP contribution in [-0.4, -0.2) is 40.8 Å². The van der Waals surface area contributed by atoms with Crippen molar-refractivity contribution in [3.63, 3.8) is 0 Å². The molecule has 0 unspecified atom stereocenters. The van der Waals surface area contributed by atoms with Gasteiger partial charge in [-0.2, -0.15) is 13.2 Å². The second-order valence-electron chi connectivity index (χ2n) is 5.08. The van der Waals surface area contributed by atoms with Crippen LogP contribution in [0.5, 0.6) is 0 Å². The van der Waals surface area contributed by atoms with E-state index in [4.69, 9.17) is 0 Å². The minimum atomic E-state index is -4.69. The maximum Gasteiger partial charge on any atom is 0.419 e. The summed E-state index contributed by atoms with van der Waals surface area (Å²) in [5.41, 5.74) is -1.79. The highest BCUT2D eigenvalue weighted by atomic mass is 19.4. The molecule has 1 amide bonds. The number of hydrogen-bond acceptors (Lipinski definition) is 2. The van der Waals surface area contributed by atoms with E-state index in [1.54, 1.807) is 0 Å². The maximum absolute atomic E-state index is 12.6. The first kappa shape index (κ1) is 14.8. The zero-order valence-corrected chi connectivity index (χ0v) is 10.9. The van der Waals surface area contributed by atoms with Gasteiger partial charge in [0.2, 0.25) is 5.91 Å². The molecule has 0 radical (unpaired) electrons. The van der Waals surface area contributed by atoms with Gasteiger partial charge in [-0.15, -0.1) is 0 Å². The van der Waals surface area contributed by atoms with E-state index >= 15 is 0 Å². The lowest BCUT2D eigenvalue weighted by Gasteiger charge is -2.25. The van der Waals surface area contributed by atoms with Gasteiger partial charge in [-0.25, -0.2) is 0 Å². The lowest BCUT2D eigenvalue weighted by molar-refractivity contribution is -0.253. The summed E-state index contributed by atoms with van der Waals surface area (Å²) < 4.78 is 37.9. The zero-order chi connectivity index (χ0) is 14.8. The predicted molar refractivity (Wildman–Crippen MR) is 67.0 cm³/mol. The molecule has 0 saturated carbocycles. The predicted octanol–water partition coefficient (Wildman–Crippen LogP) is 2.14. The molecule has 110 valence electrons. The lowest BCUT2D eigenvalue weighted by Crippen LogP contribution is -2.48. The standard InChI is InChI=1S/C14H16F3NO2/c15-14(16,17)13(20)8-9-18(10-13)12(19)7-6-11-4-2-1-3-5-11/h1-5,20H,6-10H2/t13-/m1/s1. The van der Waals surface area contributed by atoms with E-state index in [0.717, 1.165) is 10.5 Å². The van der Waals surface area contributed by atoms with Gasteiger partial charge < -0.3 is 10.0 Å². The van der Waals surface area contributed by atoms with Crippen LogP contribution in [0.15, 0.2) is 30.3 Å². The van der Waals surface area contributed by atoms with E-state index in [9.17, 15) is 23.1 Å². The number of amides is 1. The highest BCUT2D eigenvalue weighted by molar-refractivity contribution is 5.77. The Morgan fingerprint density at radius 2 is 1.95 bits per heavy atom. The lowest BCUT2D eigenvalue weighted by atomic mass is 10.0. The van der Waals surface area contributed by atoms with Crippen LogP contribution in [0.1, 0.15) is 18.4 Å². The molecule has 1 N–H and O–H groups in total. The Labute approximate surface area is 115 Å². The number of alkyl halides is 3. The van der Waals surface area contributed by atoms with Crippen molar-refractivity contribution in [2.24, 2.45) is 0 Å². The first-order valence-corrected chi connectivity index (χ1v) is 6.43. The first-order chi connectivity index (χ1) is 9.32. The quantitative estimate of drug-likeness (QED) is 0.925. The summed E-state index contributed by atoms with van der Waals surface area (Å²) in [5, 5.41) is 9.51. The number of rotatable bonds is 3. The van der Waals surface area contributed by atoms with Crippen LogP contribution >= 0.6 is 0 Å². The van der Waals surface area contributed by atoms with Crippen LogP contribution in [0, 0.1) is 0 Å². The fourth-order valence-corrected chi connectivity index (χ4v) is 2.29. The van der Waals surface area contributed by atoms with Crippen LogP contribution in [0.3, 0.4) is 0 Å².